The van der Waals surface area contributed by atoms with Crippen LogP contribution in [0.5, 0.6) is 23.0 Å². The van der Waals surface area contributed by atoms with E-state index in [0.29, 0.717) is 13.2 Å². The maximum absolute atomic E-state index is 5.55. The second-order valence-electron chi connectivity index (χ2n) is 4.70. The number of rotatable bonds is 2. The lowest BCUT2D eigenvalue weighted by Crippen LogP contribution is -2.15. The van der Waals surface area contributed by atoms with Crippen LogP contribution in [0.25, 0.3) is 0 Å². The van der Waals surface area contributed by atoms with Crippen molar-refractivity contribution in [1.29, 1.82) is 0 Å². The number of hydrogen-bond acceptors (Lipinski definition) is 5. The molecule has 0 saturated carbocycles. The fraction of sp³-hybridized carbons (Fsp3) is 0.188. The number of nitrogens with zero attached hydrogens (tertiary/aromatic N) is 1. The first-order valence-corrected chi connectivity index (χ1v) is 6.72. The molecule has 0 saturated heterocycles. The quantitative estimate of drug-likeness (QED) is 0.795. The third-order valence-corrected chi connectivity index (χ3v) is 3.29. The summed E-state index contributed by atoms with van der Waals surface area (Å²) in [6, 6.07) is 11.4. The Kier molecular flexibility index (Phi) is 2.88. The standard InChI is InChI=1S/C16H13NO4/c1-3-13-15(19-6-5-18-13)7-11(1)9-17-12-2-4-14-16(8-12)21-10-20-14/h1-4,7-9H,5-6,10H2. The molecule has 2 aliphatic heterocycles. The molecule has 2 aromatic rings. The van der Waals surface area contributed by atoms with Gasteiger partial charge in [0.2, 0.25) is 6.79 Å². The molecule has 0 atom stereocenters. The average molecular weight is 283 g/mol. The molecule has 0 fully saturated rings. The normalized spacial score (nSPS) is 15.4. The number of aliphatic imine (C=N–C) groups is 1. The fourth-order valence-electron chi connectivity index (χ4n) is 2.25. The van der Waals surface area contributed by atoms with E-state index in [1.165, 1.54) is 0 Å². The molecule has 106 valence electrons. The third kappa shape index (κ3) is 2.38. The zero-order valence-electron chi connectivity index (χ0n) is 11.2. The maximum Gasteiger partial charge on any atom is 0.231 e. The predicted molar refractivity (Wildman–Crippen MR) is 77.3 cm³/mol. The molecular weight excluding hydrogens is 270 g/mol. The van der Waals surface area contributed by atoms with Gasteiger partial charge in [-0.15, -0.1) is 0 Å². The Morgan fingerprint density at radius 3 is 2.43 bits per heavy atom. The largest absolute Gasteiger partial charge is 0.486 e. The van der Waals surface area contributed by atoms with Gasteiger partial charge in [-0.1, -0.05) is 0 Å². The third-order valence-electron chi connectivity index (χ3n) is 3.29. The highest BCUT2D eigenvalue weighted by molar-refractivity contribution is 5.83. The Labute approximate surface area is 121 Å². The van der Waals surface area contributed by atoms with Crippen LogP contribution in [0.4, 0.5) is 5.69 Å². The zero-order valence-corrected chi connectivity index (χ0v) is 11.2. The van der Waals surface area contributed by atoms with Gasteiger partial charge in [0.1, 0.15) is 13.2 Å². The first-order chi connectivity index (χ1) is 10.4. The first-order valence-electron chi connectivity index (χ1n) is 6.72. The molecule has 2 aliphatic rings. The van der Waals surface area contributed by atoms with Crippen LogP contribution in [0, 0.1) is 0 Å². The summed E-state index contributed by atoms with van der Waals surface area (Å²) in [4.78, 5) is 4.45. The Balaban J connectivity index is 1.57. The van der Waals surface area contributed by atoms with E-state index < -0.39 is 0 Å². The van der Waals surface area contributed by atoms with Crippen molar-refractivity contribution in [3.63, 3.8) is 0 Å². The summed E-state index contributed by atoms with van der Waals surface area (Å²) >= 11 is 0. The van der Waals surface area contributed by atoms with E-state index in [0.717, 1.165) is 34.2 Å². The summed E-state index contributed by atoms with van der Waals surface area (Å²) in [5, 5.41) is 0. The van der Waals surface area contributed by atoms with Crippen LogP contribution in [-0.4, -0.2) is 26.2 Å². The van der Waals surface area contributed by atoms with Crippen molar-refractivity contribution in [3.8, 4) is 23.0 Å². The Bertz CT molecular complexity index is 711. The van der Waals surface area contributed by atoms with Gasteiger partial charge in [0.05, 0.1) is 5.69 Å². The molecule has 0 aromatic heterocycles. The summed E-state index contributed by atoms with van der Waals surface area (Å²) in [5.41, 5.74) is 1.77. The highest BCUT2D eigenvalue weighted by Crippen LogP contribution is 2.35. The van der Waals surface area contributed by atoms with E-state index in [1.54, 1.807) is 6.21 Å². The van der Waals surface area contributed by atoms with E-state index in [-0.39, 0.29) is 6.79 Å². The van der Waals surface area contributed by atoms with Gasteiger partial charge in [-0.3, -0.25) is 4.99 Å². The topological polar surface area (TPSA) is 49.3 Å². The summed E-state index contributed by atoms with van der Waals surface area (Å²) in [7, 11) is 0. The minimum Gasteiger partial charge on any atom is -0.486 e. The lowest BCUT2D eigenvalue weighted by atomic mass is 10.2. The van der Waals surface area contributed by atoms with Gasteiger partial charge in [0, 0.05) is 12.3 Å². The van der Waals surface area contributed by atoms with E-state index in [2.05, 4.69) is 4.99 Å². The maximum atomic E-state index is 5.55. The molecule has 21 heavy (non-hydrogen) atoms. The number of benzene rings is 2. The highest BCUT2D eigenvalue weighted by atomic mass is 16.7. The molecule has 0 spiro atoms. The van der Waals surface area contributed by atoms with Crippen molar-refractivity contribution in [2.45, 2.75) is 0 Å². The Morgan fingerprint density at radius 1 is 0.762 bits per heavy atom. The minimum absolute atomic E-state index is 0.269. The number of fused-ring (bicyclic) bond motifs is 2. The van der Waals surface area contributed by atoms with Crippen LogP contribution >= 0.6 is 0 Å². The molecule has 0 amide bonds. The molecule has 5 nitrogen and oxygen atoms in total. The van der Waals surface area contributed by atoms with Gasteiger partial charge >= 0.3 is 0 Å². The smallest absolute Gasteiger partial charge is 0.231 e. The van der Waals surface area contributed by atoms with Crippen molar-refractivity contribution < 1.29 is 18.9 Å². The predicted octanol–water partition coefficient (Wildman–Crippen LogP) is 2.94. The van der Waals surface area contributed by atoms with Crippen LogP contribution in [-0.2, 0) is 0 Å². The molecular formula is C16H13NO4. The zero-order chi connectivity index (χ0) is 14.1. The first kappa shape index (κ1) is 12.1. The van der Waals surface area contributed by atoms with Crippen molar-refractivity contribution in [2.75, 3.05) is 20.0 Å². The van der Waals surface area contributed by atoms with Gasteiger partial charge in [0.25, 0.3) is 0 Å². The number of hydrogen-bond donors (Lipinski definition) is 0. The van der Waals surface area contributed by atoms with Crippen molar-refractivity contribution in [2.24, 2.45) is 4.99 Å². The molecule has 2 heterocycles. The summed E-state index contributed by atoms with van der Waals surface area (Å²) < 4.78 is 21.7. The molecule has 0 unspecified atom stereocenters. The van der Waals surface area contributed by atoms with E-state index in [9.17, 15) is 0 Å². The fourth-order valence-corrected chi connectivity index (χ4v) is 2.25. The monoisotopic (exact) mass is 283 g/mol. The highest BCUT2D eigenvalue weighted by Gasteiger charge is 2.13. The van der Waals surface area contributed by atoms with E-state index in [4.69, 9.17) is 18.9 Å². The second-order valence-corrected chi connectivity index (χ2v) is 4.70. The van der Waals surface area contributed by atoms with Crippen LogP contribution in [0.3, 0.4) is 0 Å². The lowest BCUT2D eigenvalue weighted by molar-refractivity contribution is 0.171. The summed E-state index contributed by atoms with van der Waals surface area (Å²) in [6.45, 7) is 1.44. The molecule has 4 rings (SSSR count). The summed E-state index contributed by atoms with van der Waals surface area (Å²) in [6.07, 6.45) is 1.79. The van der Waals surface area contributed by atoms with Crippen molar-refractivity contribution >= 4 is 11.9 Å². The Morgan fingerprint density at radius 2 is 1.48 bits per heavy atom. The van der Waals surface area contributed by atoms with Crippen LogP contribution in [0.2, 0.25) is 0 Å². The van der Waals surface area contributed by atoms with Crippen LogP contribution in [0.15, 0.2) is 41.4 Å². The van der Waals surface area contributed by atoms with Gasteiger partial charge in [-0.25, -0.2) is 0 Å². The SMILES string of the molecule is C(=Nc1ccc2c(c1)OCO2)c1ccc2c(c1)OCCO2. The minimum atomic E-state index is 0.269. The number of ether oxygens (including phenoxy) is 4. The molecule has 0 radical (unpaired) electrons. The average Bonchev–Trinajstić information content (AvgIpc) is 3.00. The summed E-state index contributed by atoms with van der Waals surface area (Å²) in [5.74, 6) is 3.03. The van der Waals surface area contributed by atoms with Crippen LogP contribution < -0.4 is 18.9 Å². The Hall–Kier alpha value is -2.69. The lowest BCUT2D eigenvalue weighted by Gasteiger charge is -2.18. The van der Waals surface area contributed by atoms with Gasteiger partial charge in [-0.2, -0.15) is 0 Å². The molecule has 2 aromatic carbocycles. The van der Waals surface area contributed by atoms with Crippen molar-refractivity contribution in [3.05, 3.63) is 42.0 Å². The molecule has 0 N–H and O–H groups in total. The van der Waals surface area contributed by atoms with Gasteiger partial charge in [-0.05, 0) is 35.9 Å². The van der Waals surface area contributed by atoms with Gasteiger partial charge < -0.3 is 18.9 Å². The molecule has 0 bridgehead atoms. The second kappa shape index (κ2) is 5.01. The molecule has 5 heteroatoms. The van der Waals surface area contributed by atoms with Crippen molar-refractivity contribution in [1.82, 2.24) is 0 Å². The van der Waals surface area contributed by atoms with Gasteiger partial charge in [0.15, 0.2) is 23.0 Å². The van der Waals surface area contributed by atoms with E-state index >= 15 is 0 Å². The van der Waals surface area contributed by atoms with Crippen LogP contribution in [0.1, 0.15) is 5.56 Å². The molecule has 0 aliphatic carbocycles. The van der Waals surface area contributed by atoms with E-state index in [1.807, 2.05) is 36.4 Å².